The first kappa shape index (κ1) is 26.5. The molecule has 2 N–H and O–H groups in total. The Morgan fingerprint density at radius 3 is 2.38 bits per heavy atom. The van der Waals surface area contributed by atoms with Gasteiger partial charge in [-0.3, -0.25) is 14.3 Å². The maximum atomic E-state index is 13.2. The normalized spacial score (nSPS) is 18.8. The van der Waals surface area contributed by atoms with Crippen LogP contribution in [0, 0.1) is 5.92 Å². The summed E-state index contributed by atoms with van der Waals surface area (Å²) in [5.74, 6) is -1.80. The number of benzene rings is 2. The van der Waals surface area contributed by atoms with E-state index in [0.29, 0.717) is 24.7 Å². The zero-order valence-electron chi connectivity index (χ0n) is 20.2. The number of fused-ring (bicyclic) bond motifs is 4. The molecule has 13 heteroatoms. The van der Waals surface area contributed by atoms with E-state index in [4.69, 9.17) is 0 Å². The molecule has 1 amide bonds. The summed E-state index contributed by atoms with van der Waals surface area (Å²) in [6, 6.07) is 11.8. The van der Waals surface area contributed by atoms with Crippen molar-refractivity contribution in [3.63, 3.8) is 0 Å². The summed E-state index contributed by atoms with van der Waals surface area (Å²) in [4.78, 5) is 38.7. The van der Waals surface area contributed by atoms with Gasteiger partial charge in [0.05, 0.1) is 16.0 Å². The van der Waals surface area contributed by atoms with Gasteiger partial charge in [0.15, 0.2) is 0 Å². The molecule has 2 atom stereocenters. The van der Waals surface area contributed by atoms with Gasteiger partial charge >= 0.3 is 12.1 Å². The van der Waals surface area contributed by atoms with E-state index in [0.717, 1.165) is 18.2 Å². The molecule has 1 saturated heterocycles. The predicted octanol–water partition coefficient (Wildman–Crippen LogP) is 3.63. The van der Waals surface area contributed by atoms with E-state index >= 15 is 0 Å². The number of anilines is 1. The number of alkyl halides is 3. The van der Waals surface area contributed by atoms with Crippen molar-refractivity contribution in [1.82, 2.24) is 9.47 Å². The van der Waals surface area contributed by atoms with E-state index < -0.39 is 38.2 Å². The second-order valence-electron chi connectivity index (χ2n) is 9.61. The number of amides is 1. The number of nitrogens with one attached hydrogen (secondary N) is 1. The van der Waals surface area contributed by atoms with Crippen molar-refractivity contribution >= 4 is 27.6 Å². The van der Waals surface area contributed by atoms with Gasteiger partial charge in [0.25, 0.3) is 21.5 Å². The highest BCUT2D eigenvalue weighted by Gasteiger charge is 2.37. The lowest BCUT2D eigenvalue weighted by atomic mass is 9.83. The van der Waals surface area contributed by atoms with Gasteiger partial charge in [0.1, 0.15) is 5.69 Å². The molecule has 0 unspecified atom stereocenters. The highest BCUT2D eigenvalue weighted by Crippen LogP contribution is 2.36. The lowest BCUT2D eigenvalue weighted by Crippen LogP contribution is -2.49. The lowest BCUT2D eigenvalue weighted by Gasteiger charge is -2.43. The van der Waals surface area contributed by atoms with Crippen LogP contribution in [-0.2, 0) is 22.7 Å². The van der Waals surface area contributed by atoms with Crippen LogP contribution < -0.4 is 10.3 Å². The second-order valence-corrected chi connectivity index (χ2v) is 11.3. The summed E-state index contributed by atoms with van der Waals surface area (Å²) in [5.41, 5.74) is -1.22. The standard InChI is InChI=1S/C26H22F3N3O6S/c27-26(28,29)19-5-2-6-20(11-19)39(37,38)30-21-7-8-22-18-9-15(13-32(22)24(21)34)12-31(14-18)23(33)16-3-1-4-17(10-16)25(35)36/h1-8,10-11,15,18,30H,9,12-14H2,(H,35,36)/t15-,18+/m0/s1. The first-order valence-electron chi connectivity index (χ1n) is 11.9. The monoisotopic (exact) mass is 561 g/mol. The van der Waals surface area contributed by atoms with Crippen LogP contribution in [0.5, 0.6) is 0 Å². The Kier molecular flexibility index (Phi) is 6.49. The van der Waals surface area contributed by atoms with Crippen molar-refractivity contribution in [2.75, 3.05) is 17.8 Å². The molecule has 2 aliphatic rings. The predicted molar refractivity (Wildman–Crippen MR) is 133 cm³/mol. The van der Waals surface area contributed by atoms with Crippen LogP contribution in [0.1, 0.15) is 44.3 Å². The van der Waals surface area contributed by atoms with Gasteiger partial charge in [-0.05, 0) is 60.9 Å². The Hall–Kier alpha value is -4.13. The van der Waals surface area contributed by atoms with Gasteiger partial charge in [0.2, 0.25) is 0 Å². The van der Waals surface area contributed by atoms with Crippen molar-refractivity contribution in [1.29, 1.82) is 0 Å². The highest BCUT2D eigenvalue weighted by molar-refractivity contribution is 7.92. The molecule has 2 bridgehead atoms. The molecule has 2 aromatic carbocycles. The fourth-order valence-electron chi connectivity index (χ4n) is 5.20. The topological polar surface area (TPSA) is 126 Å². The number of carboxylic acids is 1. The number of aromatic nitrogens is 1. The van der Waals surface area contributed by atoms with Crippen LogP contribution in [0.4, 0.5) is 18.9 Å². The number of aromatic carboxylic acids is 1. The molecular weight excluding hydrogens is 539 g/mol. The fourth-order valence-corrected chi connectivity index (χ4v) is 6.30. The van der Waals surface area contributed by atoms with E-state index in [-0.39, 0.29) is 47.6 Å². The van der Waals surface area contributed by atoms with E-state index in [1.54, 1.807) is 17.0 Å². The average molecular weight is 562 g/mol. The number of hydrogen-bond donors (Lipinski definition) is 2. The number of nitrogens with zero attached hydrogens (tertiary/aromatic N) is 2. The molecule has 3 aromatic rings. The summed E-state index contributed by atoms with van der Waals surface area (Å²) in [6.45, 7) is 0.808. The van der Waals surface area contributed by atoms with E-state index in [1.165, 1.54) is 28.8 Å². The average Bonchev–Trinajstić information content (AvgIpc) is 2.89. The molecule has 2 aliphatic heterocycles. The van der Waals surface area contributed by atoms with Crippen molar-refractivity contribution in [3.8, 4) is 0 Å². The molecule has 0 aliphatic carbocycles. The van der Waals surface area contributed by atoms with E-state index in [1.807, 2.05) is 0 Å². The van der Waals surface area contributed by atoms with E-state index in [2.05, 4.69) is 4.72 Å². The third kappa shape index (κ3) is 5.13. The van der Waals surface area contributed by atoms with Crippen molar-refractivity contribution in [2.24, 2.45) is 5.92 Å². The summed E-state index contributed by atoms with van der Waals surface area (Å²) in [5, 5.41) is 9.22. The third-order valence-electron chi connectivity index (χ3n) is 6.96. The Morgan fingerprint density at radius 1 is 0.949 bits per heavy atom. The molecule has 39 heavy (non-hydrogen) atoms. The number of hydrogen-bond acceptors (Lipinski definition) is 5. The van der Waals surface area contributed by atoms with Crippen LogP contribution in [0.2, 0.25) is 0 Å². The first-order chi connectivity index (χ1) is 18.3. The number of carbonyl (C=O) groups excluding carboxylic acids is 1. The van der Waals surface area contributed by atoms with Crippen LogP contribution in [0.15, 0.2) is 70.4 Å². The zero-order chi connectivity index (χ0) is 28.1. The molecule has 1 fully saturated rings. The maximum Gasteiger partial charge on any atom is 0.416 e. The quantitative estimate of drug-likeness (QED) is 0.490. The number of likely N-dealkylation sites (tertiary alicyclic amines) is 1. The third-order valence-corrected chi connectivity index (χ3v) is 8.33. The minimum Gasteiger partial charge on any atom is -0.478 e. The zero-order valence-corrected chi connectivity index (χ0v) is 21.0. The molecule has 204 valence electrons. The van der Waals surface area contributed by atoms with Gasteiger partial charge in [-0.1, -0.05) is 12.1 Å². The minimum atomic E-state index is -4.73. The Labute approximate surface area is 220 Å². The highest BCUT2D eigenvalue weighted by atomic mass is 32.2. The van der Waals surface area contributed by atoms with Gasteiger partial charge in [-0.2, -0.15) is 13.2 Å². The Balaban J connectivity index is 1.39. The van der Waals surface area contributed by atoms with Crippen LogP contribution in [0.25, 0.3) is 0 Å². The second kappa shape index (κ2) is 9.56. The summed E-state index contributed by atoms with van der Waals surface area (Å²) < 4.78 is 68.3. The van der Waals surface area contributed by atoms with Gasteiger partial charge in [-0.25, -0.2) is 13.2 Å². The van der Waals surface area contributed by atoms with Gasteiger partial charge in [0, 0.05) is 36.8 Å². The molecule has 3 heterocycles. The SMILES string of the molecule is O=C(O)c1cccc(C(=O)N2C[C@@H]3C[C@H](C2)c2ccc(NS(=O)(=O)c4cccc(C(F)(F)F)c4)c(=O)n2C3)c1. The number of rotatable bonds is 5. The van der Waals surface area contributed by atoms with Gasteiger partial charge in [-0.15, -0.1) is 0 Å². The molecule has 9 nitrogen and oxygen atoms in total. The van der Waals surface area contributed by atoms with Crippen LogP contribution in [0.3, 0.4) is 0 Å². The summed E-state index contributed by atoms with van der Waals surface area (Å²) >= 11 is 0. The maximum absolute atomic E-state index is 13.2. The minimum absolute atomic E-state index is 0.00457. The van der Waals surface area contributed by atoms with Crippen LogP contribution in [-0.4, -0.2) is 48.0 Å². The molecular formula is C26H22F3N3O6S. The van der Waals surface area contributed by atoms with Crippen molar-refractivity contribution < 1.29 is 36.3 Å². The number of carbonyl (C=O) groups is 2. The molecule has 5 rings (SSSR count). The fraction of sp³-hybridized carbons (Fsp3) is 0.269. The number of piperidine rings is 1. The van der Waals surface area contributed by atoms with Crippen molar-refractivity contribution in [3.05, 3.63) is 93.4 Å². The number of halogens is 3. The number of pyridine rings is 1. The van der Waals surface area contributed by atoms with Crippen LogP contribution >= 0.6 is 0 Å². The Morgan fingerprint density at radius 2 is 1.67 bits per heavy atom. The number of carboxylic acid groups (broad SMARTS) is 1. The first-order valence-corrected chi connectivity index (χ1v) is 13.4. The van der Waals surface area contributed by atoms with Crippen molar-refractivity contribution in [2.45, 2.75) is 30.0 Å². The van der Waals surface area contributed by atoms with Gasteiger partial charge < -0.3 is 14.6 Å². The Bertz CT molecular complexity index is 1650. The molecule has 1 aromatic heterocycles. The largest absolute Gasteiger partial charge is 0.478 e. The molecule has 0 saturated carbocycles. The smallest absolute Gasteiger partial charge is 0.416 e. The summed E-state index contributed by atoms with van der Waals surface area (Å²) in [7, 11) is -4.48. The number of sulfonamides is 1. The molecule has 0 radical (unpaired) electrons. The molecule has 0 spiro atoms. The lowest BCUT2D eigenvalue weighted by molar-refractivity contribution is -0.137. The van der Waals surface area contributed by atoms with E-state index in [9.17, 15) is 41.1 Å². The summed E-state index contributed by atoms with van der Waals surface area (Å²) in [6.07, 6.45) is -4.03.